The molecule has 28 heavy (non-hydrogen) atoms. The third-order valence-electron chi connectivity index (χ3n) is 5.31. The van der Waals surface area contributed by atoms with Crippen molar-refractivity contribution in [1.29, 1.82) is 0 Å². The Morgan fingerprint density at radius 1 is 1.29 bits per heavy atom. The van der Waals surface area contributed by atoms with Crippen LogP contribution < -0.4 is 19.7 Å². The van der Waals surface area contributed by atoms with E-state index in [1.165, 1.54) is 5.56 Å². The molecule has 0 bridgehead atoms. The van der Waals surface area contributed by atoms with Gasteiger partial charge in [0.1, 0.15) is 11.5 Å². The molecule has 146 valence electrons. The standard InChI is InChI=1S/C22H24N2O4/c1-27-20-7-3-2-6-18(20)24-14-17(12-21(24)25)22(26)23-13-15-8-9-19-16(11-15)5-4-10-28-19/h2-3,6-9,11,17H,4-5,10,12-14H2,1H3,(H,23,26)/t17-/m1/s1. The predicted octanol–water partition coefficient (Wildman–Crippen LogP) is 2.69. The van der Waals surface area contributed by atoms with E-state index in [-0.39, 0.29) is 24.2 Å². The number of methoxy groups -OCH3 is 1. The number of aryl methyl sites for hydroxylation is 1. The number of anilines is 1. The van der Waals surface area contributed by atoms with E-state index < -0.39 is 0 Å². The molecule has 1 fully saturated rings. The van der Waals surface area contributed by atoms with Gasteiger partial charge in [0.2, 0.25) is 11.8 Å². The lowest BCUT2D eigenvalue weighted by atomic mass is 10.0. The molecule has 0 radical (unpaired) electrons. The number of nitrogens with one attached hydrogen (secondary N) is 1. The zero-order chi connectivity index (χ0) is 19.5. The summed E-state index contributed by atoms with van der Waals surface area (Å²) < 4.78 is 11.0. The second-order valence-electron chi connectivity index (χ2n) is 7.19. The number of carbonyl (C=O) groups is 2. The lowest BCUT2D eigenvalue weighted by molar-refractivity contribution is -0.126. The van der Waals surface area contributed by atoms with Crippen molar-refractivity contribution in [3.05, 3.63) is 53.6 Å². The number of rotatable bonds is 5. The number of benzene rings is 2. The van der Waals surface area contributed by atoms with Gasteiger partial charge in [0, 0.05) is 19.5 Å². The average Bonchev–Trinajstić information content (AvgIpc) is 3.13. The first-order chi connectivity index (χ1) is 13.7. The molecular weight excluding hydrogens is 356 g/mol. The highest BCUT2D eigenvalue weighted by atomic mass is 16.5. The van der Waals surface area contributed by atoms with Crippen molar-refractivity contribution in [3.8, 4) is 11.5 Å². The minimum absolute atomic E-state index is 0.0596. The fourth-order valence-corrected chi connectivity index (χ4v) is 3.83. The summed E-state index contributed by atoms with van der Waals surface area (Å²) in [6.07, 6.45) is 2.23. The molecule has 6 nitrogen and oxygen atoms in total. The van der Waals surface area contributed by atoms with E-state index >= 15 is 0 Å². The SMILES string of the molecule is COc1ccccc1N1C[C@H](C(=O)NCc2ccc3c(c2)CCCO3)CC1=O. The van der Waals surface area contributed by atoms with E-state index in [1.807, 2.05) is 36.4 Å². The summed E-state index contributed by atoms with van der Waals surface area (Å²) in [7, 11) is 1.58. The molecule has 0 spiro atoms. The van der Waals surface area contributed by atoms with Crippen LogP contribution in [-0.4, -0.2) is 32.1 Å². The maximum atomic E-state index is 12.6. The molecule has 4 rings (SSSR count). The third kappa shape index (κ3) is 3.67. The van der Waals surface area contributed by atoms with Gasteiger partial charge in [-0.3, -0.25) is 9.59 Å². The zero-order valence-corrected chi connectivity index (χ0v) is 15.9. The Morgan fingerprint density at radius 2 is 2.14 bits per heavy atom. The zero-order valence-electron chi connectivity index (χ0n) is 15.9. The molecule has 1 saturated heterocycles. The molecule has 1 atom stereocenters. The van der Waals surface area contributed by atoms with Crippen molar-refractivity contribution in [1.82, 2.24) is 5.32 Å². The van der Waals surface area contributed by atoms with Crippen LogP contribution in [0.1, 0.15) is 24.0 Å². The second-order valence-corrected chi connectivity index (χ2v) is 7.19. The summed E-state index contributed by atoms with van der Waals surface area (Å²) in [5, 5.41) is 2.98. The largest absolute Gasteiger partial charge is 0.495 e. The first kappa shape index (κ1) is 18.3. The molecule has 2 aliphatic rings. The molecule has 2 aromatic rings. The van der Waals surface area contributed by atoms with Crippen LogP contribution in [0.15, 0.2) is 42.5 Å². The van der Waals surface area contributed by atoms with Gasteiger partial charge in [0.05, 0.1) is 25.3 Å². The van der Waals surface area contributed by atoms with Crippen LogP contribution in [0.4, 0.5) is 5.69 Å². The first-order valence-corrected chi connectivity index (χ1v) is 9.61. The fraction of sp³-hybridized carbons (Fsp3) is 0.364. The van der Waals surface area contributed by atoms with Crippen molar-refractivity contribution >= 4 is 17.5 Å². The molecule has 2 heterocycles. The van der Waals surface area contributed by atoms with Crippen molar-refractivity contribution in [3.63, 3.8) is 0 Å². The molecule has 0 aromatic heterocycles. The number of fused-ring (bicyclic) bond motifs is 1. The summed E-state index contributed by atoms with van der Waals surface area (Å²) in [5.41, 5.74) is 2.94. The number of hydrogen-bond acceptors (Lipinski definition) is 4. The maximum Gasteiger partial charge on any atom is 0.227 e. The van der Waals surface area contributed by atoms with E-state index in [1.54, 1.807) is 12.0 Å². The van der Waals surface area contributed by atoms with E-state index in [9.17, 15) is 9.59 Å². The summed E-state index contributed by atoms with van der Waals surface area (Å²) in [4.78, 5) is 26.7. The molecule has 0 unspecified atom stereocenters. The number of hydrogen-bond donors (Lipinski definition) is 1. The summed E-state index contributed by atoms with van der Waals surface area (Å²) in [6, 6.07) is 13.4. The van der Waals surface area contributed by atoms with Crippen LogP contribution in [0.2, 0.25) is 0 Å². The van der Waals surface area contributed by atoms with Crippen molar-refractivity contribution in [2.45, 2.75) is 25.8 Å². The van der Waals surface area contributed by atoms with E-state index in [0.29, 0.717) is 24.5 Å². The summed E-state index contributed by atoms with van der Waals surface area (Å²) in [6.45, 7) is 1.58. The number of ether oxygens (including phenoxy) is 2. The Hall–Kier alpha value is -3.02. The maximum absolute atomic E-state index is 12.6. The predicted molar refractivity (Wildman–Crippen MR) is 106 cm³/mol. The van der Waals surface area contributed by atoms with Crippen molar-refractivity contribution in [2.24, 2.45) is 5.92 Å². The van der Waals surface area contributed by atoms with Crippen LogP contribution in [-0.2, 0) is 22.6 Å². The van der Waals surface area contributed by atoms with Crippen LogP contribution in [0.5, 0.6) is 11.5 Å². The van der Waals surface area contributed by atoms with Crippen LogP contribution in [0, 0.1) is 5.92 Å². The van der Waals surface area contributed by atoms with E-state index in [2.05, 4.69) is 11.4 Å². The fourth-order valence-electron chi connectivity index (χ4n) is 3.83. The van der Waals surface area contributed by atoms with E-state index in [0.717, 1.165) is 30.8 Å². The Morgan fingerprint density at radius 3 is 3.00 bits per heavy atom. The second kappa shape index (κ2) is 7.92. The smallest absolute Gasteiger partial charge is 0.227 e. The van der Waals surface area contributed by atoms with Gasteiger partial charge in [-0.15, -0.1) is 0 Å². The van der Waals surface area contributed by atoms with Gasteiger partial charge in [-0.1, -0.05) is 24.3 Å². The lowest BCUT2D eigenvalue weighted by Crippen LogP contribution is -2.32. The highest BCUT2D eigenvalue weighted by Gasteiger charge is 2.36. The van der Waals surface area contributed by atoms with Gasteiger partial charge >= 0.3 is 0 Å². The minimum Gasteiger partial charge on any atom is -0.495 e. The van der Waals surface area contributed by atoms with Crippen LogP contribution >= 0.6 is 0 Å². The molecular formula is C22H24N2O4. The van der Waals surface area contributed by atoms with Gasteiger partial charge in [-0.25, -0.2) is 0 Å². The minimum atomic E-state index is -0.363. The Labute approximate surface area is 164 Å². The first-order valence-electron chi connectivity index (χ1n) is 9.61. The molecule has 0 saturated carbocycles. The molecule has 2 aliphatic heterocycles. The van der Waals surface area contributed by atoms with Crippen molar-refractivity contribution in [2.75, 3.05) is 25.2 Å². The topological polar surface area (TPSA) is 67.9 Å². The monoisotopic (exact) mass is 380 g/mol. The molecule has 2 aromatic carbocycles. The Bertz CT molecular complexity index is 896. The summed E-state index contributed by atoms with van der Waals surface area (Å²) >= 11 is 0. The number of para-hydroxylation sites is 2. The van der Waals surface area contributed by atoms with Gasteiger partial charge < -0.3 is 19.7 Å². The van der Waals surface area contributed by atoms with Crippen LogP contribution in [0.25, 0.3) is 0 Å². The van der Waals surface area contributed by atoms with Gasteiger partial charge in [-0.2, -0.15) is 0 Å². The number of nitrogens with zero attached hydrogens (tertiary/aromatic N) is 1. The Balaban J connectivity index is 1.39. The summed E-state index contributed by atoms with van der Waals surface area (Å²) in [5.74, 6) is 1.05. The van der Waals surface area contributed by atoms with Crippen LogP contribution in [0.3, 0.4) is 0 Å². The van der Waals surface area contributed by atoms with Crippen molar-refractivity contribution < 1.29 is 19.1 Å². The van der Waals surface area contributed by atoms with Gasteiger partial charge in [0.25, 0.3) is 0 Å². The Kier molecular flexibility index (Phi) is 5.19. The lowest BCUT2D eigenvalue weighted by Gasteiger charge is -2.19. The third-order valence-corrected chi connectivity index (χ3v) is 5.31. The van der Waals surface area contributed by atoms with E-state index in [4.69, 9.17) is 9.47 Å². The molecule has 1 N–H and O–H groups in total. The molecule has 2 amide bonds. The normalized spacial score (nSPS) is 18.4. The highest BCUT2D eigenvalue weighted by Crippen LogP contribution is 2.33. The highest BCUT2D eigenvalue weighted by molar-refractivity contribution is 6.01. The quantitative estimate of drug-likeness (QED) is 0.866. The number of amides is 2. The number of carbonyl (C=O) groups excluding carboxylic acids is 2. The molecule has 6 heteroatoms. The average molecular weight is 380 g/mol. The van der Waals surface area contributed by atoms with Gasteiger partial charge in [0.15, 0.2) is 0 Å². The van der Waals surface area contributed by atoms with Gasteiger partial charge in [-0.05, 0) is 42.2 Å². The molecule has 0 aliphatic carbocycles.